The van der Waals surface area contributed by atoms with Crippen molar-refractivity contribution in [3.63, 3.8) is 0 Å². The zero-order valence-corrected chi connectivity index (χ0v) is 20.8. The zero-order valence-electron chi connectivity index (χ0n) is 20.8. The Hall–Kier alpha value is -3.91. The summed E-state index contributed by atoms with van der Waals surface area (Å²) in [7, 11) is 2.18. The molecule has 0 fully saturated rings. The lowest BCUT2D eigenvalue weighted by Gasteiger charge is -2.14. The van der Waals surface area contributed by atoms with Crippen LogP contribution in [0.2, 0.25) is 0 Å². The van der Waals surface area contributed by atoms with Gasteiger partial charge in [-0.15, -0.1) is 0 Å². The molecule has 0 N–H and O–H groups in total. The summed E-state index contributed by atoms with van der Waals surface area (Å²) in [6.07, 6.45) is 3.31. The molecule has 2 nitrogen and oxygen atoms in total. The first-order chi connectivity index (χ1) is 17.0. The van der Waals surface area contributed by atoms with E-state index in [2.05, 4.69) is 122 Å². The number of benzene rings is 4. The van der Waals surface area contributed by atoms with Crippen LogP contribution >= 0.6 is 0 Å². The van der Waals surface area contributed by atoms with Crippen molar-refractivity contribution < 1.29 is 4.57 Å². The molecule has 7 rings (SSSR count). The Morgan fingerprint density at radius 2 is 1.57 bits per heavy atom. The van der Waals surface area contributed by atoms with E-state index in [-0.39, 0.29) is 0 Å². The van der Waals surface area contributed by atoms with Crippen LogP contribution in [0.3, 0.4) is 0 Å². The van der Waals surface area contributed by atoms with Crippen LogP contribution in [0.15, 0.2) is 85.1 Å². The molecule has 2 heteroatoms. The normalized spacial score (nSPS) is 12.4. The van der Waals surface area contributed by atoms with E-state index in [0.717, 1.165) is 6.42 Å². The molecule has 0 amide bonds. The topological polar surface area (TPSA) is 8.29 Å². The third-order valence-corrected chi connectivity index (χ3v) is 7.65. The van der Waals surface area contributed by atoms with Gasteiger partial charge in [0.05, 0.1) is 27.3 Å². The van der Waals surface area contributed by atoms with Gasteiger partial charge in [0, 0.05) is 16.8 Å². The maximum absolute atomic E-state index is 2.55. The molecule has 0 unspecified atom stereocenters. The van der Waals surface area contributed by atoms with Crippen molar-refractivity contribution in [3.8, 4) is 11.1 Å². The van der Waals surface area contributed by atoms with E-state index in [4.69, 9.17) is 0 Å². The number of aromatic nitrogens is 2. The molecule has 0 saturated heterocycles. The fourth-order valence-electron chi connectivity index (χ4n) is 6.16. The Kier molecular flexibility index (Phi) is 4.26. The standard InChI is InChI=1S/C33H29N2/c1-20(2)16-22-11-13-26-27-12-10-21(3)30-32(27)35(28(26)17-22)29-19-25(23-8-6-5-7-9-23)18-24-14-15-34(4)33(30)31(24)29/h5-15,17-20H,16H2,1-4H3/q+1. The van der Waals surface area contributed by atoms with Crippen molar-refractivity contribution >= 4 is 49.0 Å². The number of hydrogen-bond donors (Lipinski definition) is 0. The summed E-state index contributed by atoms with van der Waals surface area (Å²) in [5, 5.41) is 6.66. The van der Waals surface area contributed by atoms with Crippen LogP contribution < -0.4 is 4.57 Å². The van der Waals surface area contributed by atoms with E-state index in [1.807, 2.05) is 0 Å². The van der Waals surface area contributed by atoms with Gasteiger partial charge < -0.3 is 4.40 Å². The number of pyridine rings is 2. The average Bonchev–Trinajstić information content (AvgIpc) is 3.18. The molecule has 0 radical (unpaired) electrons. The summed E-state index contributed by atoms with van der Waals surface area (Å²) < 4.78 is 4.86. The van der Waals surface area contributed by atoms with Gasteiger partial charge in [-0.05, 0) is 65.1 Å². The van der Waals surface area contributed by atoms with Crippen molar-refractivity contribution in [2.24, 2.45) is 13.0 Å². The highest BCUT2D eigenvalue weighted by Gasteiger charge is 2.24. The summed E-state index contributed by atoms with van der Waals surface area (Å²) in [4.78, 5) is 0. The lowest BCUT2D eigenvalue weighted by Crippen LogP contribution is -2.28. The monoisotopic (exact) mass is 453 g/mol. The second-order valence-corrected chi connectivity index (χ2v) is 10.5. The van der Waals surface area contributed by atoms with Gasteiger partial charge in [0.2, 0.25) is 5.52 Å². The molecule has 170 valence electrons. The quantitative estimate of drug-likeness (QED) is 0.146. The van der Waals surface area contributed by atoms with Crippen LogP contribution in [0.1, 0.15) is 25.0 Å². The molecule has 0 aliphatic carbocycles. The largest absolute Gasteiger partial charge is 0.307 e. The van der Waals surface area contributed by atoms with Crippen molar-refractivity contribution in [2.45, 2.75) is 27.2 Å². The maximum atomic E-state index is 2.55. The van der Waals surface area contributed by atoms with E-state index in [0.29, 0.717) is 5.92 Å². The van der Waals surface area contributed by atoms with E-state index in [9.17, 15) is 0 Å². The van der Waals surface area contributed by atoms with Crippen molar-refractivity contribution in [2.75, 3.05) is 0 Å². The molecule has 0 spiro atoms. The molecule has 0 aliphatic rings. The third-order valence-electron chi connectivity index (χ3n) is 7.65. The van der Waals surface area contributed by atoms with Gasteiger partial charge >= 0.3 is 0 Å². The van der Waals surface area contributed by atoms with Gasteiger partial charge in [-0.1, -0.05) is 68.4 Å². The minimum Gasteiger partial charge on any atom is -0.307 e. The minimum absolute atomic E-state index is 0.629. The van der Waals surface area contributed by atoms with Crippen LogP contribution in [0.4, 0.5) is 0 Å². The van der Waals surface area contributed by atoms with Crippen molar-refractivity contribution in [3.05, 3.63) is 96.2 Å². The Labute approximate surface area is 205 Å². The fourth-order valence-corrected chi connectivity index (χ4v) is 6.16. The van der Waals surface area contributed by atoms with Gasteiger partial charge in [-0.3, -0.25) is 0 Å². The predicted molar refractivity (Wildman–Crippen MR) is 148 cm³/mol. The molecule has 7 aromatic rings. The summed E-state index contributed by atoms with van der Waals surface area (Å²) in [6.45, 7) is 6.85. The average molecular weight is 454 g/mol. The number of nitrogens with zero attached hydrogens (tertiary/aromatic N) is 2. The number of rotatable bonds is 3. The first-order valence-corrected chi connectivity index (χ1v) is 12.6. The number of aryl methyl sites for hydroxylation is 2. The molecular weight excluding hydrogens is 424 g/mol. The molecule has 0 aliphatic heterocycles. The SMILES string of the molecule is Cc1ccc2c3ccc(CC(C)C)cc3n3c4cc(-c5ccccc5)cc5cc[n+](C)c(c1c23)c54. The Morgan fingerprint density at radius 1 is 0.771 bits per heavy atom. The molecule has 4 aromatic carbocycles. The molecule has 3 aromatic heterocycles. The molecular formula is C33H29N2+. The van der Waals surface area contributed by atoms with Crippen LogP contribution in [0.25, 0.3) is 60.1 Å². The second kappa shape index (κ2) is 7.29. The third kappa shape index (κ3) is 2.86. The summed E-state index contributed by atoms with van der Waals surface area (Å²) >= 11 is 0. The second-order valence-electron chi connectivity index (χ2n) is 10.5. The van der Waals surface area contributed by atoms with Gasteiger partial charge in [0.25, 0.3) is 0 Å². The first kappa shape index (κ1) is 20.5. The van der Waals surface area contributed by atoms with Crippen LogP contribution in [-0.2, 0) is 13.5 Å². The number of fused-ring (bicyclic) bond motifs is 5. The van der Waals surface area contributed by atoms with E-state index in [1.54, 1.807) is 0 Å². The highest BCUT2D eigenvalue weighted by Crippen LogP contribution is 2.42. The summed E-state index contributed by atoms with van der Waals surface area (Å²) in [5.74, 6) is 0.629. The molecule has 3 heterocycles. The maximum Gasteiger partial charge on any atom is 0.224 e. The summed E-state index contributed by atoms with van der Waals surface area (Å²) in [5.41, 5.74) is 10.5. The Morgan fingerprint density at radius 3 is 2.37 bits per heavy atom. The first-order valence-electron chi connectivity index (χ1n) is 12.6. The van der Waals surface area contributed by atoms with Gasteiger partial charge in [0.1, 0.15) is 7.05 Å². The minimum atomic E-state index is 0.629. The van der Waals surface area contributed by atoms with Gasteiger partial charge in [0.15, 0.2) is 6.20 Å². The molecule has 0 bridgehead atoms. The Balaban J connectivity index is 1.77. The van der Waals surface area contributed by atoms with E-state index >= 15 is 0 Å². The predicted octanol–water partition coefficient (Wildman–Crippen LogP) is 7.99. The van der Waals surface area contributed by atoms with Crippen LogP contribution in [0, 0.1) is 12.8 Å². The van der Waals surface area contributed by atoms with Crippen molar-refractivity contribution in [1.29, 1.82) is 0 Å². The Bertz CT molecular complexity index is 1910. The van der Waals surface area contributed by atoms with Gasteiger partial charge in [-0.2, -0.15) is 0 Å². The lowest BCUT2D eigenvalue weighted by molar-refractivity contribution is -0.643. The van der Waals surface area contributed by atoms with Crippen LogP contribution in [-0.4, -0.2) is 4.40 Å². The molecule has 35 heavy (non-hydrogen) atoms. The highest BCUT2D eigenvalue weighted by molar-refractivity contribution is 6.26. The lowest BCUT2D eigenvalue weighted by atomic mass is 9.96. The zero-order chi connectivity index (χ0) is 23.8. The van der Waals surface area contributed by atoms with Crippen molar-refractivity contribution in [1.82, 2.24) is 4.40 Å². The fraction of sp³-hybridized carbons (Fsp3) is 0.182. The van der Waals surface area contributed by atoms with E-state index < -0.39 is 0 Å². The smallest absolute Gasteiger partial charge is 0.224 e. The number of hydrogen-bond acceptors (Lipinski definition) is 0. The van der Waals surface area contributed by atoms with E-state index in [1.165, 1.54) is 71.3 Å². The highest BCUT2D eigenvalue weighted by atomic mass is 15.0. The van der Waals surface area contributed by atoms with Crippen LogP contribution in [0.5, 0.6) is 0 Å². The van der Waals surface area contributed by atoms with Gasteiger partial charge in [-0.25, -0.2) is 4.57 Å². The summed E-state index contributed by atoms with van der Waals surface area (Å²) in [6, 6.07) is 29.5. The molecule has 0 atom stereocenters. The molecule has 0 saturated carbocycles.